The molecule has 0 atom stereocenters. The zero-order chi connectivity index (χ0) is 15.5. The minimum atomic E-state index is -0.0982. The van der Waals surface area contributed by atoms with Gasteiger partial charge in [0.15, 0.2) is 0 Å². The number of amides is 1. The summed E-state index contributed by atoms with van der Waals surface area (Å²) in [5.74, 6) is -0.0982. The van der Waals surface area contributed by atoms with Crippen molar-refractivity contribution in [3.63, 3.8) is 0 Å². The van der Waals surface area contributed by atoms with Crippen LogP contribution in [0.5, 0.6) is 0 Å². The number of carbonyl (C=O) groups is 1. The second-order valence-electron chi connectivity index (χ2n) is 5.08. The highest BCUT2D eigenvalue weighted by Gasteiger charge is 2.09. The predicted octanol–water partition coefficient (Wildman–Crippen LogP) is 2.78. The number of nitrogens with one attached hydrogen (secondary N) is 1. The molecular formula is C16H16N4OS. The molecule has 3 aromatic rings. The van der Waals surface area contributed by atoms with Crippen molar-refractivity contribution in [2.45, 2.75) is 13.5 Å². The molecular weight excluding hydrogens is 296 g/mol. The molecule has 0 saturated carbocycles. The fraction of sp³-hybridized carbons (Fsp3) is 0.188. The lowest BCUT2D eigenvalue weighted by Gasteiger charge is -2.05. The first-order chi connectivity index (χ1) is 10.6. The van der Waals surface area contributed by atoms with Gasteiger partial charge in [0.1, 0.15) is 5.01 Å². The Bertz CT molecular complexity index is 806. The number of hydrogen-bond donors (Lipinski definition) is 1. The van der Waals surface area contributed by atoms with Crippen LogP contribution < -0.4 is 5.32 Å². The monoisotopic (exact) mass is 312 g/mol. The van der Waals surface area contributed by atoms with Crippen molar-refractivity contribution in [1.29, 1.82) is 0 Å². The van der Waals surface area contributed by atoms with Crippen molar-refractivity contribution in [3.05, 3.63) is 58.9 Å². The van der Waals surface area contributed by atoms with Crippen molar-refractivity contribution >= 4 is 17.2 Å². The van der Waals surface area contributed by atoms with Gasteiger partial charge in [0.05, 0.1) is 6.20 Å². The maximum Gasteiger partial charge on any atom is 0.251 e. The fourth-order valence-electron chi connectivity index (χ4n) is 2.13. The van der Waals surface area contributed by atoms with Gasteiger partial charge in [-0.1, -0.05) is 12.1 Å². The van der Waals surface area contributed by atoms with Gasteiger partial charge in [-0.25, -0.2) is 4.98 Å². The second kappa shape index (κ2) is 6.11. The topological polar surface area (TPSA) is 59.8 Å². The highest BCUT2D eigenvalue weighted by molar-refractivity contribution is 7.13. The summed E-state index contributed by atoms with van der Waals surface area (Å²) in [5.41, 5.74) is 3.57. The molecule has 6 heteroatoms. The Morgan fingerprint density at radius 2 is 2.27 bits per heavy atom. The maximum absolute atomic E-state index is 12.3. The van der Waals surface area contributed by atoms with Crippen LogP contribution in [0.3, 0.4) is 0 Å². The van der Waals surface area contributed by atoms with Crippen molar-refractivity contribution in [1.82, 2.24) is 20.1 Å². The summed E-state index contributed by atoms with van der Waals surface area (Å²) in [5, 5.41) is 9.92. The van der Waals surface area contributed by atoms with E-state index in [2.05, 4.69) is 15.4 Å². The molecule has 2 aromatic heterocycles. The zero-order valence-corrected chi connectivity index (χ0v) is 13.2. The minimum absolute atomic E-state index is 0.0982. The first-order valence-electron chi connectivity index (χ1n) is 6.90. The molecule has 112 valence electrons. The summed E-state index contributed by atoms with van der Waals surface area (Å²) >= 11 is 1.58. The average molecular weight is 312 g/mol. The zero-order valence-electron chi connectivity index (χ0n) is 12.4. The molecule has 0 aliphatic heterocycles. The van der Waals surface area contributed by atoms with E-state index in [9.17, 15) is 4.79 Å². The molecule has 0 spiro atoms. The molecule has 0 aliphatic carbocycles. The van der Waals surface area contributed by atoms with E-state index in [0.717, 1.165) is 21.8 Å². The molecule has 5 nitrogen and oxygen atoms in total. The molecule has 1 amide bonds. The van der Waals surface area contributed by atoms with Crippen LogP contribution in [-0.2, 0) is 13.6 Å². The van der Waals surface area contributed by atoms with Crippen LogP contribution in [0.2, 0.25) is 0 Å². The molecule has 2 heterocycles. The van der Waals surface area contributed by atoms with Crippen LogP contribution in [0.15, 0.2) is 42.0 Å². The van der Waals surface area contributed by atoms with E-state index in [4.69, 9.17) is 0 Å². The molecule has 0 saturated heterocycles. The number of aryl methyl sites for hydroxylation is 2. The Morgan fingerprint density at radius 3 is 2.95 bits per heavy atom. The normalized spacial score (nSPS) is 10.6. The molecule has 3 rings (SSSR count). The molecule has 1 N–H and O–H groups in total. The third-order valence-corrected chi connectivity index (χ3v) is 4.21. The Hall–Kier alpha value is -2.47. The van der Waals surface area contributed by atoms with Gasteiger partial charge in [0.2, 0.25) is 0 Å². The maximum atomic E-state index is 12.3. The highest BCUT2D eigenvalue weighted by atomic mass is 32.1. The van der Waals surface area contributed by atoms with Gasteiger partial charge >= 0.3 is 0 Å². The third kappa shape index (κ3) is 3.23. The number of nitrogens with zero attached hydrogens (tertiary/aromatic N) is 3. The number of benzene rings is 1. The molecule has 0 radical (unpaired) electrons. The Morgan fingerprint density at radius 1 is 1.41 bits per heavy atom. The minimum Gasteiger partial charge on any atom is -0.348 e. The molecule has 0 unspecified atom stereocenters. The Labute approximate surface area is 132 Å². The smallest absolute Gasteiger partial charge is 0.251 e. The van der Waals surface area contributed by atoms with Crippen LogP contribution in [0.25, 0.3) is 10.6 Å². The summed E-state index contributed by atoms with van der Waals surface area (Å²) in [6, 6.07) is 7.53. The van der Waals surface area contributed by atoms with Gasteiger partial charge in [0.25, 0.3) is 5.91 Å². The number of thiazole rings is 1. The lowest BCUT2D eigenvalue weighted by atomic mass is 10.1. The van der Waals surface area contributed by atoms with Gasteiger partial charge in [-0.05, 0) is 19.1 Å². The first-order valence-corrected chi connectivity index (χ1v) is 7.78. The van der Waals surface area contributed by atoms with E-state index in [1.165, 1.54) is 0 Å². The standard InChI is InChI=1S/C16H16N4OS/c1-11-10-22-16(19-11)14-5-3-4-13(6-14)15(21)17-7-12-8-18-20(2)9-12/h3-6,8-10H,7H2,1-2H3,(H,17,21). The van der Waals surface area contributed by atoms with Crippen LogP contribution in [0, 0.1) is 6.92 Å². The highest BCUT2D eigenvalue weighted by Crippen LogP contribution is 2.24. The first kappa shape index (κ1) is 14.5. The van der Waals surface area contributed by atoms with Crippen molar-refractivity contribution in [3.8, 4) is 10.6 Å². The average Bonchev–Trinajstić information content (AvgIpc) is 3.13. The van der Waals surface area contributed by atoms with Crippen LogP contribution in [-0.4, -0.2) is 20.7 Å². The van der Waals surface area contributed by atoms with Gasteiger partial charge in [-0.2, -0.15) is 5.10 Å². The van der Waals surface area contributed by atoms with Gasteiger partial charge < -0.3 is 5.32 Å². The van der Waals surface area contributed by atoms with Crippen molar-refractivity contribution in [2.75, 3.05) is 0 Å². The summed E-state index contributed by atoms with van der Waals surface area (Å²) in [7, 11) is 1.85. The Kier molecular flexibility index (Phi) is 4.02. The van der Waals surface area contributed by atoms with Gasteiger partial charge in [-0.15, -0.1) is 11.3 Å². The molecule has 22 heavy (non-hydrogen) atoms. The summed E-state index contributed by atoms with van der Waals surface area (Å²) in [4.78, 5) is 16.7. The predicted molar refractivity (Wildman–Crippen MR) is 86.7 cm³/mol. The lowest BCUT2D eigenvalue weighted by Crippen LogP contribution is -2.22. The van der Waals surface area contributed by atoms with E-state index in [-0.39, 0.29) is 5.91 Å². The summed E-state index contributed by atoms with van der Waals surface area (Å²) in [6.07, 6.45) is 3.63. The third-order valence-electron chi connectivity index (χ3n) is 3.20. The van der Waals surface area contributed by atoms with E-state index in [1.807, 2.05) is 49.8 Å². The largest absolute Gasteiger partial charge is 0.348 e. The lowest BCUT2D eigenvalue weighted by molar-refractivity contribution is 0.0951. The summed E-state index contributed by atoms with van der Waals surface area (Å²) < 4.78 is 1.72. The molecule has 0 aliphatic rings. The molecule has 1 aromatic carbocycles. The molecule has 0 fully saturated rings. The molecule has 0 bridgehead atoms. The number of aromatic nitrogens is 3. The van der Waals surface area contributed by atoms with Gasteiger partial charge in [-0.3, -0.25) is 9.48 Å². The van der Waals surface area contributed by atoms with E-state index in [1.54, 1.807) is 22.2 Å². The van der Waals surface area contributed by atoms with Crippen LogP contribution in [0.4, 0.5) is 0 Å². The van der Waals surface area contributed by atoms with Crippen molar-refractivity contribution in [2.24, 2.45) is 7.05 Å². The summed E-state index contributed by atoms with van der Waals surface area (Å²) in [6.45, 7) is 2.43. The fourth-order valence-corrected chi connectivity index (χ4v) is 2.92. The Balaban J connectivity index is 1.72. The SMILES string of the molecule is Cc1csc(-c2cccc(C(=O)NCc3cnn(C)c3)c2)n1. The van der Waals surface area contributed by atoms with Crippen molar-refractivity contribution < 1.29 is 4.79 Å². The number of carbonyl (C=O) groups excluding carboxylic acids is 1. The van der Waals surface area contributed by atoms with E-state index in [0.29, 0.717) is 12.1 Å². The quantitative estimate of drug-likeness (QED) is 0.806. The number of hydrogen-bond acceptors (Lipinski definition) is 4. The second-order valence-corrected chi connectivity index (χ2v) is 5.94. The number of rotatable bonds is 4. The van der Waals surface area contributed by atoms with E-state index < -0.39 is 0 Å². The van der Waals surface area contributed by atoms with E-state index >= 15 is 0 Å². The van der Waals surface area contributed by atoms with Crippen LogP contribution in [0.1, 0.15) is 21.6 Å². The van der Waals surface area contributed by atoms with Crippen LogP contribution >= 0.6 is 11.3 Å². The van der Waals surface area contributed by atoms with Gasteiger partial charge in [0, 0.05) is 47.6 Å².